The lowest BCUT2D eigenvalue weighted by molar-refractivity contribution is 0.331. The summed E-state index contributed by atoms with van der Waals surface area (Å²) in [4.78, 5) is 2.54. The van der Waals surface area contributed by atoms with Crippen LogP contribution in [0.25, 0.3) is 0 Å². The van der Waals surface area contributed by atoms with Crippen LogP contribution in [0.15, 0.2) is 24.3 Å². The molecule has 3 heteroatoms. The van der Waals surface area contributed by atoms with Gasteiger partial charge in [0.25, 0.3) is 0 Å². The Morgan fingerprint density at radius 2 is 1.71 bits per heavy atom. The topological polar surface area (TPSA) is 15.3 Å². The van der Waals surface area contributed by atoms with Gasteiger partial charge in [-0.3, -0.25) is 4.90 Å². The van der Waals surface area contributed by atoms with Crippen LogP contribution in [0.3, 0.4) is 0 Å². The number of hydrogen-bond donors (Lipinski definition) is 2. The molecule has 0 aliphatic carbocycles. The lowest BCUT2D eigenvalue weighted by atomic mass is 10.1. The highest BCUT2D eigenvalue weighted by Gasteiger charge is 2.11. The minimum absolute atomic E-state index is 0.896. The van der Waals surface area contributed by atoms with Gasteiger partial charge >= 0.3 is 0 Å². The van der Waals surface area contributed by atoms with Crippen LogP contribution >= 0.6 is 12.6 Å². The third kappa shape index (κ3) is 4.34. The maximum atomic E-state index is 4.18. The number of likely N-dealkylation sites (tertiary alicyclic amines) is 1. The van der Waals surface area contributed by atoms with Crippen LogP contribution in [0.1, 0.15) is 24.0 Å². The number of nitrogens with zero attached hydrogens (tertiary/aromatic N) is 1. The summed E-state index contributed by atoms with van der Waals surface area (Å²) in [5.74, 6) is 0.896. The predicted molar refractivity (Wildman–Crippen MR) is 76.5 cm³/mol. The molecule has 0 aromatic heterocycles. The summed E-state index contributed by atoms with van der Waals surface area (Å²) in [6, 6.07) is 8.99. The van der Waals surface area contributed by atoms with Crippen LogP contribution in [0, 0.1) is 0 Å². The molecule has 1 aliphatic rings. The molecule has 1 aromatic rings. The van der Waals surface area contributed by atoms with E-state index in [0.29, 0.717) is 0 Å². The van der Waals surface area contributed by atoms with Crippen molar-refractivity contribution in [1.82, 2.24) is 10.2 Å². The highest BCUT2D eigenvalue weighted by atomic mass is 32.1. The largest absolute Gasteiger partial charge is 0.312 e. The van der Waals surface area contributed by atoms with Crippen LogP contribution < -0.4 is 5.32 Å². The molecule has 2 rings (SSSR count). The van der Waals surface area contributed by atoms with Crippen molar-refractivity contribution in [3.05, 3.63) is 35.4 Å². The monoisotopic (exact) mass is 250 g/mol. The zero-order chi connectivity index (χ0) is 11.9. The molecule has 0 atom stereocenters. The van der Waals surface area contributed by atoms with Crippen molar-refractivity contribution >= 4 is 12.6 Å². The second kappa shape index (κ2) is 7.04. The summed E-state index contributed by atoms with van der Waals surface area (Å²) >= 11 is 4.18. The Labute approximate surface area is 110 Å². The fourth-order valence-corrected chi connectivity index (χ4v) is 2.43. The maximum absolute atomic E-state index is 4.18. The van der Waals surface area contributed by atoms with Crippen molar-refractivity contribution in [1.29, 1.82) is 0 Å². The summed E-state index contributed by atoms with van der Waals surface area (Å²) < 4.78 is 0. The summed E-state index contributed by atoms with van der Waals surface area (Å²) in [5, 5.41) is 3.36. The quantitative estimate of drug-likeness (QED) is 0.595. The average molecular weight is 250 g/mol. The summed E-state index contributed by atoms with van der Waals surface area (Å²) in [5.41, 5.74) is 2.79. The van der Waals surface area contributed by atoms with Crippen molar-refractivity contribution in [2.45, 2.75) is 25.9 Å². The third-order valence-corrected chi connectivity index (χ3v) is 3.47. The van der Waals surface area contributed by atoms with Crippen molar-refractivity contribution in [2.24, 2.45) is 0 Å². The smallest absolute Gasteiger partial charge is 0.0233 e. The Morgan fingerprint density at radius 3 is 2.35 bits per heavy atom. The molecule has 2 nitrogen and oxygen atoms in total. The fraction of sp³-hybridized carbons (Fsp3) is 0.571. The average Bonchev–Trinajstić information content (AvgIpc) is 2.85. The minimum atomic E-state index is 0.896. The van der Waals surface area contributed by atoms with Gasteiger partial charge in [0.1, 0.15) is 0 Å². The van der Waals surface area contributed by atoms with E-state index in [-0.39, 0.29) is 0 Å². The van der Waals surface area contributed by atoms with Crippen LogP contribution in [-0.4, -0.2) is 30.3 Å². The molecule has 0 bridgehead atoms. The van der Waals surface area contributed by atoms with Gasteiger partial charge < -0.3 is 5.32 Å². The fourth-order valence-electron chi connectivity index (χ4n) is 2.27. The second-order valence-electron chi connectivity index (χ2n) is 4.70. The molecule has 0 amide bonds. The van der Waals surface area contributed by atoms with Crippen molar-refractivity contribution in [3.63, 3.8) is 0 Å². The van der Waals surface area contributed by atoms with Gasteiger partial charge in [-0.25, -0.2) is 0 Å². The molecular formula is C14H22N2S. The SMILES string of the molecule is SCCNCc1ccc(CN2CCCC2)cc1. The van der Waals surface area contributed by atoms with E-state index in [0.717, 1.165) is 25.4 Å². The van der Waals surface area contributed by atoms with Crippen LogP contribution in [0.5, 0.6) is 0 Å². The zero-order valence-electron chi connectivity index (χ0n) is 10.4. The molecular weight excluding hydrogens is 228 g/mol. The zero-order valence-corrected chi connectivity index (χ0v) is 11.3. The van der Waals surface area contributed by atoms with Gasteiger partial charge in [0, 0.05) is 25.4 Å². The third-order valence-electron chi connectivity index (χ3n) is 3.25. The molecule has 94 valence electrons. The Bertz CT molecular complexity index is 317. The van der Waals surface area contributed by atoms with E-state index in [1.165, 1.54) is 37.1 Å². The molecule has 0 saturated carbocycles. The van der Waals surface area contributed by atoms with E-state index in [2.05, 4.69) is 47.1 Å². The first kappa shape index (κ1) is 12.9. The van der Waals surface area contributed by atoms with Crippen molar-refractivity contribution in [2.75, 3.05) is 25.4 Å². The lowest BCUT2D eigenvalue weighted by Gasteiger charge is -2.14. The molecule has 1 aliphatic heterocycles. The second-order valence-corrected chi connectivity index (χ2v) is 5.15. The first-order valence-corrected chi connectivity index (χ1v) is 7.13. The van der Waals surface area contributed by atoms with Gasteiger partial charge in [-0.15, -0.1) is 0 Å². The van der Waals surface area contributed by atoms with Gasteiger partial charge in [0.05, 0.1) is 0 Å². The molecule has 1 aromatic carbocycles. The van der Waals surface area contributed by atoms with Gasteiger partial charge in [-0.1, -0.05) is 24.3 Å². The molecule has 0 spiro atoms. The number of benzene rings is 1. The number of hydrogen-bond acceptors (Lipinski definition) is 3. The highest BCUT2D eigenvalue weighted by molar-refractivity contribution is 7.80. The normalized spacial score (nSPS) is 16.5. The predicted octanol–water partition coefficient (Wildman–Crippen LogP) is 2.30. The van der Waals surface area contributed by atoms with Crippen LogP contribution in [-0.2, 0) is 13.1 Å². The Morgan fingerprint density at radius 1 is 1.06 bits per heavy atom. The first-order valence-electron chi connectivity index (χ1n) is 6.50. The van der Waals surface area contributed by atoms with E-state index in [1.807, 2.05) is 0 Å². The molecule has 17 heavy (non-hydrogen) atoms. The molecule has 1 heterocycles. The van der Waals surface area contributed by atoms with Gasteiger partial charge in [-0.05, 0) is 37.1 Å². The standard InChI is InChI=1S/C14H22N2S/c17-10-7-15-11-13-3-5-14(6-4-13)12-16-8-1-2-9-16/h3-6,15,17H,1-2,7-12H2. The van der Waals surface area contributed by atoms with Crippen LogP contribution in [0.2, 0.25) is 0 Å². The van der Waals surface area contributed by atoms with Gasteiger partial charge in [0.15, 0.2) is 0 Å². The highest BCUT2D eigenvalue weighted by Crippen LogP contribution is 2.13. The Balaban J connectivity index is 1.80. The van der Waals surface area contributed by atoms with Crippen molar-refractivity contribution in [3.8, 4) is 0 Å². The van der Waals surface area contributed by atoms with E-state index in [4.69, 9.17) is 0 Å². The number of thiol groups is 1. The minimum Gasteiger partial charge on any atom is -0.312 e. The molecule has 1 fully saturated rings. The Kier molecular flexibility index (Phi) is 5.36. The number of rotatable bonds is 6. The summed E-state index contributed by atoms with van der Waals surface area (Å²) in [6.45, 7) is 5.57. The number of nitrogens with one attached hydrogen (secondary N) is 1. The lowest BCUT2D eigenvalue weighted by Crippen LogP contribution is -2.18. The molecule has 1 N–H and O–H groups in total. The summed E-state index contributed by atoms with van der Waals surface area (Å²) in [6.07, 6.45) is 2.73. The van der Waals surface area contributed by atoms with Gasteiger partial charge in [0.2, 0.25) is 0 Å². The Hall–Kier alpha value is -0.510. The van der Waals surface area contributed by atoms with E-state index in [9.17, 15) is 0 Å². The van der Waals surface area contributed by atoms with E-state index in [1.54, 1.807) is 0 Å². The van der Waals surface area contributed by atoms with E-state index >= 15 is 0 Å². The maximum Gasteiger partial charge on any atom is 0.0233 e. The van der Waals surface area contributed by atoms with Crippen molar-refractivity contribution < 1.29 is 0 Å². The van der Waals surface area contributed by atoms with Crippen LogP contribution in [0.4, 0.5) is 0 Å². The molecule has 0 unspecified atom stereocenters. The summed E-state index contributed by atoms with van der Waals surface area (Å²) in [7, 11) is 0. The van der Waals surface area contributed by atoms with Gasteiger partial charge in [-0.2, -0.15) is 12.6 Å². The first-order chi connectivity index (χ1) is 8.38. The molecule has 0 radical (unpaired) electrons. The van der Waals surface area contributed by atoms with E-state index < -0.39 is 0 Å². The molecule has 1 saturated heterocycles.